The molecule has 6 heteroatoms. The Morgan fingerprint density at radius 1 is 1.29 bits per heavy atom. The maximum absolute atomic E-state index is 12.6. The number of hydrogen-bond donors (Lipinski definition) is 2. The standard InChI is InChI=1S/C15H24N2O3S/c1-10-9-15(11(2)8-14(10)20-4)21(18,19)17-13-6-5-7-16-12(13)3/h8-9,12-13,16-17H,5-7H2,1-4H3. The van der Waals surface area contributed by atoms with Gasteiger partial charge in [-0.3, -0.25) is 0 Å². The number of nitrogens with one attached hydrogen (secondary N) is 2. The van der Waals surface area contributed by atoms with Gasteiger partial charge in [-0.25, -0.2) is 13.1 Å². The van der Waals surface area contributed by atoms with Crippen LogP contribution in [0.5, 0.6) is 5.75 Å². The molecule has 0 aromatic heterocycles. The maximum Gasteiger partial charge on any atom is 0.241 e. The van der Waals surface area contributed by atoms with Crippen LogP contribution in [-0.4, -0.2) is 34.2 Å². The third kappa shape index (κ3) is 3.56. The smallest absolute Gasteiger partial charge is 0.241 e. The molecule has 0 bridgehead atoms. The van der Waals surface area contributed by atoms with Crippen LogP contribution in [0.1, 0.15) is 30.9 Å². The molecule has 118 valence electrons. The van der Waals surface area contributed by atoms with Crippen molar-refractivity contribution in [2.75, 3.05) is 13.7 Å². The molecule has 0 amide bonds. The molecule has 5 nitrogen and oxygen atoms in total. The molecule has 1 heterocycles. The van der Waals surface area contributed by atoms with Gasteiger partial charge in [0, 0.05) is 12.1 Å². The minimum Gasteiger partial charge on any atom is -0.496 e. The normalized spacial score (nSPS) is 23.0. The van der Waals surface area contributed by atoms with Gasteiger partial charge in [0.1, 0.15) is 5.75 Å². The topological polar surface area (TPSA) is 67.4 Å². The van der Waals surface area contributed by atoms with Gasteiger partial charge in [-0.15, -0.1) is 0 Å². The number of rotatable bonds is 4. The molecule has 0 spiro atoms. The predicted octanol–water partition coefficient (Wildman–Crippen LogP) is 1.73. The van der Waals surface area contributed by atoms with E-state index in [2.05, 4.69) is 10.0 Å². The zero-order valence-corrected chi connectivity index (χ0v) is 13.9. The van der Waals surface area contributed by atoms with E-state index in [-0.39, 0.29) is 12.1 Å². The Morgan fingerprint density at radius 2 is 2.00 bits per heavy atom. The van der Waals surface area contributed by atoms with Crippen molar-refractivity contribution in [1.29, 1.82) is 0 Å². The lowest BCUT2D eigenvalue weighted by molar-refractivity contribution is 0.348. The molecule has 0 aliphatic carbocycles. The molecule has 0 radical (unpaired) electrons. The molecule has 0 saturated carbocycles. The van der Waals surface area contributed by atoms with E-state index in [0.29, 0.717) is 16.2 Å². The molecule has 21 heavy (non-hydrogen) atoms. The highest BCUT2D eigenvalue weighted by Crippen LogP contribution is 2.26. The fraction of sp³-hybridized carbons (Fsp3) is 0.600. The van der Waals surface area contributed by atoms with Crippen LogP contribution in [0.2, 0.25) is 0 Å². The third-order valence-electron chi connectivity index (χ3n) is 4.05. The number of piperidine rings is 1. The number of hydrogen-bond acceptors (Lipinski definition) is 4. The van der Waals surface area contributed by atoms with Gasteiger partial charge in [-0.05, 0) is 63.4 Å². The van der Waals surface area contributed by atoms with E-state index in [1.165, 1.54) is 0 Å². The van der Waals surface area contributed by atoms with E-state index in [1.54, 1.807) is 26.2 Å². The van der Waals surface area contributed by atoms with Crippen molar-refractivity contribution in [2.45, 2.75) is 50.6 Å². The van der Waals surface area contributed by atoms with Crippen molar-refractivity contribution in [1.82, 2.24) is 10.0 Å². The molecule has 2 atom stereocenters. The van der Waals surface area contributed by atoms with E-state index >= 15 is 0 Å². The van der Waals surface area contributed by atoms with Crippen LogP contribution in [0.3, 0.4) is 0 Å². The summed E-state index contributed by atoms with van der Waals surface area (Å²) in [6, 6.07) is 3.53. The van der Waals surface area contributed by atoms with Crippen LogP contribution in [0, 0.1) is 13.8 Å². The SMILES string of the molecule is COc1cc(C)c(S(=O)(=O)NC2CCCNC2C)cc1C. The van der Waals surface area contributed by atoms with Gasteiger partial charge in [0.15, 0.2) is 0 Å². The van der Waals surface area contributed by atoms with Crippen molar-refractivity contribution >= 4 is 10.0 Å². The monoisotopic (exact) mass is 312 g/mol. The van der Waals surface area contributed by atoms with Crippen LogP contribution in [0.4, 0.5) is 0 Å². The van der Waals surface area contributed by atoms with Crippen LogP contribution in [0.15, 0.2) is 17.0 Å². The molecular formula is C15H24N2O3S. The maximum atomic E-state index is 12.6. The van der Waals surface area contributed by atoms with Gasteiger partial charge in [0.25, 0.3) is 0 Å². The molecule has 1 aromatic carbocycles. The zero-order valence-electron chi connectivity index (χ0n) is 13.1. The summed E-state index contributed by atoms with van der Waals surface area (Å²) >= 11 is 0. The first kappa shape index (κ1) is 16.3. The van der Waals surface area contributed by atoms with Gasteiger partial charge >= 0.3 is 0 Å². The lowest BCUT2D eigenvalue weighted by atomic mass is 10.0. The van der Waals surface area contributed by atoms with Gasteiger partial charge < -0.3 is 10.1 Å². The molecule has 2 unspecified atom stereocenters. The third-order valence-corrected chi connectivity index (χ3v) is 5.68. The summed E-state index contributed by atoms with van der Waals surface area (Å²) in [5.41, 5.74) is 1.51. The minimum absolute atomic E-state index is 0.0643. The Bertz CT molecular complexity index is 614. The largest absolute Gasteiger partial charge is 0.496 e. The van der Waals surface area contributed by atoms with Crippen LogP contribution >= 0.6 is 0 Å². The summed E-state index contributed by atoms with van der Waals surface area (Å²) in [7, 11) is -1.93. The lowest BCUT2D eigenvalue weighted by Gasteiger charge is -2.30. The number of ether oxygens (including phenoxy) is 1. The van der Waals surface area contributed by atoms with Crippen LogP contribution < -0.4 is 14.8 Å². The summed E-state index contributed by atoms with van der Waals surface area (Å²) in [4.78, 5) is 0.332. The Morgan fingerprint density at radius 3 is 2.62 bits per heavy atom. The second-order valence-corrected chi connectivity index (χ2v) is 7.38. The van der Waals surface area contributed by atoms with Gasteiger partial charge in [-0.1, -0.05) is 0 Å². The fourth-order valence-corrected chi connectivity index (χ4v) is 4.40. The average molecular weight is 312 g/mol. The highest BCUT2D eigenvalue weighted by atomic mass is 32.2. The summed E-state index contributed by atoms with van der Waals surface area (Å²) in [5.74, 6) is 0.708. The summed E-state index contributed by atoms with van der Waals surface area (Å²) in [5, 5.41) is 3.30. The Labute approximate surface area is 127 Å². The van der Waals surface area contributed by atoms with Crippen molar-refractivity contribution in [3.05, 3.63) is 23.3 Å². The molecular weight excluding hydrogens is 288 g/mol. The van der Waals surface area contributed by atoms with Crippen LogP contribution in [0.25, 0.3) is 0 Å². The summed E-state index contributed by atoms with van der Waals surface area (Å²) in [6.07, 6.45) is 1.85. The number of aryl methyl sites for hydroxylation is 2. The van der Waals surface area contributed by atoms with E-state index in [0.717, 1.165) is 24.9 Å². The first-order chi connectivity index (χ1) is 9.85. The molecule has 2 N–H and O–H groups in total. The van der Waals surface area contributed by atoms with Gasteiger partial charge in [0.05, 0.1) is 12.0 Å². The zero-order chi connectivity index (χ0) is 15.6. The first-order valence-corrected chi connectivity index (χ1v) is 8.74. The van der Waals surface area contributed by atoms with Gasteiger partial charge in [0.2, 0.25) is 10.0 Å². The number of methoxy groups -OCH3 is 1. The molecule has 1 aliphatic heterocycles. The Hall–Kier alpha value is -1.11. The van der Waals surface area contributed by atoms with E-state index < -0.39 is 10.0 Å². The van der Waals surface area contributed by atoms with E-state index in [9.17, 15) is 8.42 Å². The Balaban J connectivity index is 2.29. The predicted molar refractivity (Wildman–Crippen MR) is 83.3 cm³/mol. The first-order valence-electron chi connectivity index (χ1n) is 7.26. The molecule has 1 aromatic rings. The molecule has 1 fully saturated rings. The molecule has 2 rings (SSSR count). The second-order valence-electron chi connectivity index (χ2n) is 5.70. The second kappa shape index (κ2) is 6.34. The van der Waals surface area contributed by atoms with E-state index in [1.807, 2.05) is 13.8 Å². The number of benzene rings is 1. The van der Waals surface area contributed by atoms with Crippen molar-refractivity contribution in [3.8, 4) is 5.75 Å². The highest BCUT2D eigenvalue weighted by molar-refractivity contribution is 7.89. The molecule has 1 aliphatic rings. The van der Waals surface area contributed by atoms with Crippen molar-refractivity contribution in [3.63, 3.8) is 0 Å². The van der Waals surface area contributed by atoms with Crippen molar-refractivity contribution < 1.29 is 13.2 Å². The van der Waals surface area contributed by atoms with E-state index in [4.69, 9.17) is 4.74 Å². The minimum atomic E-state index is -3.52. The molecule has 1 saturated heterocycles. The van der Waals surface area contributed by atoms with Crippen molar-refractivity contribution in [2.24, 2.45) is 0 Å². The fourth-order valence-electron chi connectivity index (χ4n) is 2.74. The average Bonchev–Trinajstić information content (AvgIpc) is 2.43. The highest BCUT2D eigenvalue weighted by Gasteiger charge is 2.27. The summed E-state index contributed by atoms with van der Waals surface area (Å²) in [6.45, 7) is 6.60. The Kier molecular flexibility index (Phi) is 4.91. The van der Waals surface area contributed by atoms with Gasteiger partial charge in [-0.2, -0.15) is 0 Å². The quantitative estimate of drug-likeness (QED) is 0.888. The van der Waals surface area contributed by atoms with Crippen LogP contribution in [-0.2, 0) is 10.0 Å². The lowest BCUT2D eigenvalue weighted by Crippen LogP contribution is -2.51. The number of sulfonamides is 1. The summed E-state index contributed by atoms with van der Waals surface area (Å²) < 4.78 is 33.3.